The molecule has 1 aromatic heterocycles. The van der Waals surface area contributed by atoms with E-state index in [0.29, 0.717) is 16.4 Å². The first-order valence-corrected chi connectivity index (χ1v) is 6.01. The maximum absolute atomic E-state index is 11.8. The Balaban J connectivity index is 2.14. The van der Waals surface area contributed by atoms with Gasteiger partial charge in [-0.05, 0) is 36.4 Å². The third-order valence-corrected chi connectivity index (χ3v) is 2.83. The van der Waals surface area contributed by atoms with Crippen LogP contribution in [0.5, 0.6) is 0 Å². The molecule has 0 aliphatic carbocycles. The van der Waals surface area contributed by atoms with Crippen LogP contribution in [0.25, 0.3) is 0 Å². The van der Waals surface area contributed by atoms with E-state index in [9.17, 15) is 4.79 Å². The summed E-state index contributed by atoms with van der Waals surface area (Å²) in [5.41, 5.74) is 1.21. The Hall–Kier alpha value is -1.39. The van der Waals surface area contributed by atoms with Crippen LogP contribution in [-0.4, -0.2) is 10.9 Å². The summed E-state index contributed by atoms with van der Waals surface area (Å²) in [5, 5.41) is 3.09. The molecule has 0 saturated carbocycles. The highest BCUT2D eigenvalue weighted by atomic mass is 79.9. The lowest BCUT2D eigenvalue weighted by Crippen LogP contribution is -2.11. The Morgan fingerprint density at radius 1 is 1.24 bits per heavy atom. The number of amides is 1. The third kappa shape index (κ3) is 3.28. The van der Waals surface area contributed by atoms with Gasteiger partial charge in [0.15, 0.2) is 0 Å². The number of nitrogens with zero attached hydrogens (tertiary/aromatic N) is 1. The van der Waals surface area contributed by atoms with Crippen molar-refractivity contribution in [2.24, 2.45) is 0 Å². The average molecular weight is 312 g/mol. The maximum Gasteiger partial charge on any atom is 0.255 e. The van der Waals surface area contributed by atoms with E-state index in [2.05, 4.69) is 26.2 Å². The number of nitrogens with one attached hydrogen (secondary N) is 1. The van der Waals surface area contributed by atoms with Crippen LogP contribution in [0.4, 0.5) is 5.69 Å². The minimum atomic E-state index is -0.181. The molecule has 17 heavy (non-hydrogen) atoms. The summed E-state index contributed by atoms with van der Waals surface area (Å²) in [4.78, 5) is 15.7. The number of halogens is 2. The molecule has 0 radical (unpaired) electrons. The van der Waals surface area contributed by atoms with Gasteiger partial charge < -0.3 is 5.32 Å². The Labute approximate surface area is 112 Å². The molecule has 0 spiro atoms. The molecule has 0 unspecified atom stereocenters. The van der Waals surface area contributed by atoms with Crippen molar-refractivity contribution in [1.82, 2.24) is 4.98 Å². The average Bonchev–Trinajstić information content (AvgIpc) is 2.29. The lowest BCUT2D eigenvalue weighted by atomic mass is 10.2. The number of benzene rings is 1. The predicted molar refractivity (Wildman–Crippen MR) is 71.3 cm³/mol. The van der Waals surface area contributed by atoms with Crippen LogP contribution in [0, 0.1) is 0 Å². The highest BCUT2D eigenvalue weighted by Gasteiger charge is 2.05. The number of carbonyl (C=O) groups excluding carboxylic acids is 1. The van der Waals surface area contributed by atoms with Gasteiger partial charge >= 0.3 is 0 Å². The molecule has 1 heterocycles. The third-order valence-electron chi connectivity index (χ3n) is 2.09. The minimum absolute atomic E-state index is 0.181. The van der Waals surface area contributed by atoms with Gasteiger partial charge in [0.1, 0.15) is 5.15 Å². The van der Waals surface area contributed by atoms with Gasteiger partial charge in [-0.2, -0.15) is 0 Å². The Morgan fingerprint density at radius 2 is 1.94 bits per heavy atom. The van der Waals surface area contributed by atoms with Crippen LogP contribution in [0.15, 0.2) is 47.1 Å². The van der Waals surface area contributed by atoms with E-state index in [4.69, 9.17) is 11.6 Å². The molecule has 0 aliphatic heterocycles. The van der Waals surface area contributed by atoms with E-state index in [1.54, 1.807) is 30.5 Å². The van der Waals surface area contributed by atoms with Gasteiger partial charge in [-0.3, -0.25) is 4.79 Å². The first kappa shape index (κ1) is 12.1. The van der Waals surface area contributed by atoms with Crippen molar-refractivity contribution in [3.63, 3.8) is 0 Å². The van der Waals surface area contributed by atoms with E-state index >= 15 is 0 Å². The SMILES string of the molecule is O=C(Nc1ccnc(Cl)c1)c1ccc(Br)cc1. The molecule has 5 heteroatoms. The van der Waals surface area contributed by atoms with Crippen molar-refractivity contribution in [2.75, 3.05) is 5.32 Å². The van der Waals surface area contributed by atoms with Crippen LogP contribution in [0.2, 0.25) is 5.15 Å². The highest BCUT2D eigenvalue weighted by molar-refractivity contribution is 9.10. The number of rotatable bonds is 2. The van der Waals surface area contributed by atoms with Gasteiger partial charge in [-0.1, -0.05) is 27.5 Å². The van der Waals surface area contributed by atoms with Crippen LogP contribution < -0.4 is 5.32 Å². The van der Waals surface area contributed by atoms with Crippen LogP contribution >= 0.6 is 27.5 Å². The van der Waals surface area contributed by atoms with Crippen molar-refractivity contribution >= 4 is 39.1 Å². The lowest BCUT2D eigenvalue weighted by molar-refractivity contribution is 0.102. The van der Waals surface area contributed by atoms with E-state index < -0.39 is 0 Å². The Bertz CT molecular complexity index is 542. The fourth-order valence-corrected chi connectivity index (χ4v) is 1.72. The van der Waals surface area contributed by atoms with Crippen molar-refractivity contribution in [1.29, 1.82) is 0 Å². The Kier molecular flexibility index (Phi) is 3.76. The first-order valence-electron chi connectivity index (χ1n) is 4.83. The topological polar surface area (TPSA) is 42.0 Å². The standard InChI is InChI=1S/C12H8BrClN2O/c13-9-3-1-8(2-4-9)12(17)16-10-5-6-15-11(14)7-10/h1-7H,(H,15,16,17). The predicted octanol–water partition coefficient (Wildman–Crippen LogP) is 3.75. The zero-order chi connectivity index (χ0) is 12.3. The highest BCUT2D eigenvalue weighted by Crippen LogP contribution is 2.15. The molecule has 0 saturated heterocycles. The van der Waals surface area contributed by atoms with E-state index in [-0.39, 0.29) is 5.91 Å². The second-order valence-electron chi connectivity index (χ2n) is 3.33. The number of hydrogen-bond donors (Lipinski definition) is 1. The van der Waals surface area contributed by atoms with Crippen LogP contribution in [0.1, 0.15) is 10.4 Å². The fourth-order valence-electron chi connectivity index (χ4n) is 1.28. The summed E-state index contributed by atoms with van der Waals surface area (Å²) in [6.45, 7) is 0. The summed E-state index contributed by atoms with van der Waals surface area (Å²) in [6.07, 6.45) is 1.54. The summed E-state index contributed by atoms with van der Waals surface area (Å²) < 4.78 is 0.931. The molecule has 0 bridgehead atoms. The molecule has 1 N–H and O–H groups in total. The lowest BCUT2D eigenvalue weighted by Gasteiger charge is -2.05. The summed E-state index contributed by atoms with van der Waals surface area (Å²) >= 11 is 9.04. The van der Waals surface area contributed by atoms with Gasteiger partial charge in [0.2, 0.25) is 0 Å². The van der Waals surface area contributed by atoms with Gasteiger partial charge in [0.05, 0.1) is 0 Å². The molecule has 3 nitrogen and oxygen atoms in total. The van der Waals surface area contributed by atoms with Crippen molar-refractivity contribution < 1.29 is 4.79 Å². The second-order valence-corrected chi connectivity index (χ2v) is 4.63. The minimum Gasteiger partial charge on any atom is -0.322 e. The molecule has 2 rings (SSSR count). The molecule has 2 aromatic rings. The van der Waals surface area contributed by atoms with Crippen molar-refractivity contribution in [3.05, 3.63) is 57.8 Å². The number of pyridine rings is 1. The maximum atomic E-state index is 11.8. The molecule has 1 aromatic carbocycles. The zero-order valence-corrected chi connectivity index (χ0v) is 11.0. The van der Waals surface area contributed by atoms with E-state index in [0.717, 1.165) is 4.47 Å². The van der Waals surface area contributed by atoms with Gasteiger partial charge in [0, 0.05) is 21.9 Å². The van der Waals surface area contributed by atoms with E-state index in [1.165, 1.54) is 0 Å². The molecular formula is C12H8BrClN2O. The molecule has 0 fully saturated rings. The molecule has 1 amide bonds. The van der Waals surface area contributed by atoms with Gasteiger partial charge in [-0.25, -0.2) is 4.98 Å². The Morgan fingerprint density at radius 3 is 2.59 bits per heavy atom. The fraction of sp³-hybridized carbons (Fsp3) is 0. The van der Waals surface area contributed by atoms with Crippen LogP contribution in [0.3, 0.4) is 0 Å². The van der Waals surface area contributed by atoms with Gasteiger partial charge in [0.25, 0.3) is 5.91 Å². The number of carbonyl (C=O) groups is 1. The largest absolute Gasteiger partial charge is 0.322 e. The van der Waals surface area contributed by atoms with Gasteiger partial charge in [-0.15, -0.1) is 0 Å². The molecule has 0 atom stereocenters. The number of hydrogen-bond acceptors (Lipinski definition) is 2. The monoisotopic (exact) mass is 310 g/mol. The molecular weight excluding hydrogens is 304 g/mol. The number of anilines is 1. The van der Waals surface area contributed by atoms with E-state index in [1.807, 2.05) is 12.1 Å². The first-order chi connectivity index (χ1) is 8.15. The van der Waals surface area contributed by atoms with Crippen LogP contribution in [-0.2, 0) is 0 Å². The zero-order valence-electron chi connectivity index (χ0n) is 8.65. The quantitative estimate of drug-likeness (QED) is 0.858. The summed E-state index contributed by atoms with van der Waals surface area (Å²) in [5.74, 6) is -0.181. The molecule has 86 valence electrons. The summed E-state index contributed by atoms with van der Waals surface area (Å²) in [6, 6.07) is 10.4. The normalized spacial score (nSPS) is 10.0. The second kappa shape index (κ2) is 5.29. The number of aromatic nitrogens is 1. The van der Waals surface area contributed by atoms with Crippen molar-refractivity contribution in [3.8, 4) is 0 Å². The smallest absolute Gasteiger partial charge is 0.255 e. The van der Waals surface area contributed by atoms with Crippen molar-refractivity contribution in [2.45, 2.75) is 0 Å². The summed E-state index contributed by atoms with van der Waals surface area (Å²) in [7, 11) is 0. The molecule has 0 aliphatic rings.